The quantitative estimate of drug-likeness (QED) is 0.614. The van der Waals surface area contributed by atoms with Gasteiger partial charge in [0, 0.05) is 31.3 Å². The van der Waals surface area contributed by atoms with E-state index in [0.29, 0.717) is 12.6 Å². The first-order valence-electron chi connectivity index (χ1n) is 4.82. The Hall–Kier alpha value is -1.36. The van der Waals surface area contributed by atoms with Crippen LogP contribution in [0, 0.1) is 0 Å². The standard InChI is InChI=1S/C10H18N2O3/c1-8(2)12(3)7-6-11-9(13)4-5-10(14)15/h4-5,8H,6-7H2,1-3H3,(H,11,13)(H,14,15). The number of carbonyl (C=O) groups excluding carboxylic acids is 1. The van der Waals surface area contributed by atoms with Crippen molar-refractivity contribution in [1.82, 2.24) is 10.2 Å². The molecular formula is C10H18N2O3. The Morgan fingerprint density at radius 1 is 1.40 bits per heavy atom. The Labute approximate surface area is 89.8 Å². The lowest BCUT2D eigenvalue weighted by Gasteiger charge is -2.20. The maximum Gasteiger partial charge on any atom is 0.328 e. The molecule has 2 N–H and O–H groups in total. The van der Waals surface area contributed by atoms with Crippen LogP contribution in [0.25, 0.3) is 0 Å². The van der Waals surface area contributed by atoms with Crippen LogP contribution in [0.3, 0.4) is 0 Å². The molecule has 5 nitrogen and oxygen atoms in total. The molecule has 15 heavy (non-hydrogen) atoms. The number of hydrogen-bond acceptors (Lipinski definition) is 3. The van der Waals surface area contributed by atoms with Gasteiger partial charge in [-0.3, -0.25) is 4.79 Å². The second kappa shape index (κ2) is 7.00. The Bertz CT molecular complexity index is 249. The third kappa shape index (κ3) is 7.69. The van der Waals surface area contributed by atoms with Crippen molar-refractivity contribution in [2.24, 2.45) is 0 Å². The molecule has 0 unspecified atom stereocenters. The van der Waals surface area contributed by atoms with Crippen molar-refractivity contribution in [3.63, 3.8) is 0 Å². The number of carboxylic acid groups (broad SMARTS) is 1. The van der Waals surface area contributed by atoms with Gasteiger partial charge in [-0.15, -0.1) is 0 Å². The average Bonchev–Trinajstić information content (AvgIpc) is 2.14. The first-order chi connectivity index (χ1) is 6.93. The molecule has 0 aliphatic carbocycles. The van der Waals surface area contributed by atoms with Crippen LogP contribution in [0.5, 0.6) is 0 Å². The highest BCUT2D eigenvalue weighted by atomic mass is 16.4. The summed E-state index contributed by atoms with van der Waals surface area (Å²) in [5.41, 5.74) is 0. The zero-order chi connectivity index (χ0) is 11.8. The van der Waals surface area contributed by atoms with Crippen LogP contribution < -0.4 is 5.32 Å². The maximum absolute atomic E-state index is 11.0. The van der Waals surface area contributed by atoms with Gasteiger partial charge >= 0.3 is 5.97 Å². The van der Waals surface area contributed by atoms with Gasteiger partial charge < -0.3 is 15.3 Å². The molecule has 1 amide bonds. The lowest BCUT2D eigenvalue weighted by Crippen LogP contribution is -2.35. The summed E-state index contributed by atoms with van der Waals surface area (Å²) >= 11 is 0. The van der Waals surface area contributed by atoms with Crippen molar-refractivity contribution < 1.29 is 14.7 Å². The molecular weight excluding hydrogens is 196 g/mol. The number of amides is 1. The molecule has 0 aliphatic heterocycles. The Balaban J connectivity index is 3.69. The molecule has 0 saturated carbocycles. The van der Waals surface area contributed by atoms with Gasteiger partial charge in [-0.25, -0.2) is 4.79 Å². The summed E-state index contributed by atoms with van der Waals surface area (Å²) < 4.78 is 0. The number of likely N-dealkylation sites (N-methyl/N-ethyl adjacent to an activating group) is 1. The van der Waals surface area contributed by atoms with Gasteiger partial charge in [0.15, 0.2) is 0 Å². The number of carbonyl (C=O) groups is 2. The first-order valence-corrected chi connectivity index (χ1v) is 4.82. The lowest BCUT2D eigenvalue weighted by molar-refractivity contribution is -0.131. The van der Waals surface area contributed by atoms with Crippen LogP contribution >= 0.6 is 0 Å². The fraction of sp³-hybridized carbons (Fsp3) is 0.600. The van der Waals surface area contributed by atoms with E-state index in [2.05, 4.69) is 24.1 Å². The van der Waals surface area contributed by atoms with E-state index in [9.17, 15) is 9.59 Å². The first kappa shape index (κ1) is 13.6. The van der Waals surface area contributed by atoms with E-state index < -0.39 is 5.97 Å². The van der Waals surface area contributed by atoms with Crippen LogP contribution in [-0.4, -0.2) is 48.1 Å². The predicted octanol–water partition coefficient (Wildman–Crippen LogP) is 0.0836. The molecule has 0 atom stereocenters. The van der Waals surface area contributed by atoms with Gasteiger partial charge in [0.2, 0.25) is 5.91 Å². The smallest absolute Gasteiger partial charge is 0.328 e. The lowest BCUT2D eigenvalue weighted by atomic mass is 10.3. The van der Waals surface area contributed by atoms with Gasteiger partial charge in [-0.05, 0) is 20.9 Å². The second-order valence-electron chi connectivity index (χ2n) is 3.54. The minimum atomic E-state index is -1.12. The number of nitrogens with one attached hydrogen (secondary N) is 1. The Morgan fingerprint density at radius 2 is 2.00 bits per heavy atom. The molecule has 0 aromatic rings. The van der Waals surface area contributed by atoms with Gasteiger partial charge in [-0.2, -0.15) is 0 Å². The zero-order valence-corrected chi connectivity index (χ0v) is 9.36. The van der Waals surface area contributed by atoms with Crippen molar-refractivity contribution in [3.05, 3.63) is 12.2 Å². The van der Waals surface area contributed by atoms with Gasteiger partial charge in [0.25, 0.3) is 0 Å². The van der Waals surface area contributed by atoms with E-state index >= 15 is 0 Å². The predicted molar refractivity (Wildman–Crippen MR) is 57.6 cm³/mol. The van der Waals surface area contributed by atoms with Crippen molar-refractivity contribution in [3.8, 4) is 0 Å². The molecule has 5 heteroatoms. The molecule has 0 radical (unpaired) electrons. The summed E-state index contributed by atoms with van der Waals surface area (Å²) in [6, 6.07) is 0.427. The minimum Gasteiger partial charge on any atom is -0.478 e. The average molecular weight is 214 g/mol. The number of hydrogen-bond donors (Lipinski definition) is 2. The van der Waals surface area contributed by atoms with Crippen molar-refractivity contribution in [2.45, 2.75) is 19.9 Å². The molecule has 0 rings (SSSR count). The highest BCUT2D eigenvalue weighted by Gasteiger charge is 2.02. The fourth-order valence-corrected chi connectivity index (χ4v) is 0.820. The summed E-state index contributed by atoms with van der Waals surface area (Å²) in [7, 11) is 1.96. The van der Waals surface area contributed by atoms with E-state index in [0.717, 1.165) is 18.7 Å². The molecule has 0 aromatic heterocycles. The van der Waals surface area contributed by atoms with Crippen molar-refractivity contribution >= 4 is 11.9 Å². The number of aliphatic carboxylic acids is 1. The van der Waals surface area contributed by atoms with Gasteiger partial charge in [0.05, 0.1) is 0 Å². The Kier molecular flexibility index (Phi) is 6.37. The van der Waals surface area contributed by atoms with E-state index in [1.54, 1.807) is 0 Å². The van der Waals surface area contributed by atoms with E-state index in [-0.39, 0.29) is 5.91 Å². The van der Waals surface area contributed by atoms with E-state index in [1.807, 2.05) is 7.05 Å². The summed E-state index contributed by atoms with van der Waals surface area (Å²) in [6.07, 6.45) is 1.83. The van der Waals surface area contributed by atoms with Crippen LogP contribution in [0.15, 0.2) is 12.2 Å². The summed E-state index contributed by atoms with van der Waals surface area (Å²) in [5, 5.41) is 10.9. The number of carboxylic acids is 1. The topological polar surface area (TPSA) is 69.6 Å². The van der Waals surface area contributed by atoms with Crippen LogP contribution in [-0.2, 0) is 9.59 Å². The molecule has 0 spiro atoms. The molecule has 0 heterocycles. The molecule has 0 saturated heterocycles. The minimum absolute atomic E-state index is 0.380. The molecule has 0 bridgehead atoms. The summed E-state index contributed by atoms with van der Waals surface area (Å²) in [6.45, 7) is 5.38. The van der Waals surface area contributed by atoms with Crippen LogP contribution in [0.2, 0.25) is 0 Å². The van der Waals surface area contributed by atoms with Gasteiger partial charge in [-0.1, -0.05) is 0 Å². The number of rotatable bonds is 6. The van der Waals surface area contributed by atoms with Crippen molar-refractivity contribution in [2.75, 3.05) is 20.1 Å². The van der Waals surface area contributed by atoms with E-state index in [4.69, 9.17) is 5.11 Å². The normalized spacial score (nSPS) is 11.3. The molecule has 0 aromatic carbocycles. The maximum atomic E-state index is 11.0. The Morgan fingerprint density at radius 3 is 2.47 bits per heavy atom. The largest absolute Gasteiger partial charge is 0.478 e. The molecule has 86 valence electrons. The number of nitrogens with zero attached hydrogens (tertiary/aromatic N) is 1. The SMILES string of the molecule is CC(C)N(C)CCNC(=O)C=CC(=O)O. The highest BCUT2D eigenvalue weighted by Crippen LogP contribution is 1.90. The fourth-order valence-electron chi connectivity index (χ4n) is 0.820. The summed E-state index contributed by atoms with van der Waals surface area (Å²) in [5.74, 6) is -1.50. The molecule has 0 fully saturated rings. The van der Waals surface area contributed by atoms with Crippen LogP contribution in [0.1, 0.15) is 13.8 Å². The summed E-state index contributed by atoms with van der Waals surface area (Å²) in [4.78, 5) is 23.2. The second-order valence-corrected chi connectivity index (χ2v) is 3.54. The van der Waals surface area contributed by atoms with Crippen LogP contribution in [0.4, 0.5) is 0 Å². The van der Waals surface area contributed by atoms with Gasteiger partial charge in [0.1, 0.15) is 0 Å². The third-order valence-electron chi connectivity index (χ3n) is 2.02. The third-order valence-corrected chi connectivity index (χ3v) is 2.02. The zero-order valence-electron chi connectivity index (χ0n) is 9.36. The van der Waals surface area contributed by atoms with E-state index in [1.165, 1.54) is 0 Å². The molecule has 0 aliphatic rings. The highest BCUT2D eigenvalue weighted by molar-refractivity contribution is 5.93. The van der Waals surface area contributed by atoms with Crippen molar-refractivity contribution in [1.29, 1.82) is 0 Å². The monoisotopic (exact) mass is 214 g/mol.